The normalized spacial score (nSPS) is 18.4. The molecule has 2 saturated heterocycles. The highest BCUT2D eigenvalue weighted by atomic mass is 35.5. The zero-order valence-corrected chi connectivity index (χ0v) is 18.4. The van der Waals surface area contributed by atoms with Crippen LogP contribution in [-0.4, -0.2) is 62.8 Å². The number of anilines is 1. The van der Waals surface area contributed by atoms with E-state index in [0.29, 0.717) is 26.2 Å². The van der Waals surface area contributed by atoms with E-state index in [2.05, 4.69) is 17.0 Å². The van der Waals surface area contributed by atoms with Gasteiger partial charge in [-0.1, -0.05) is 36.2 Å². The molecule has 0 atom stereocenters. The van der Waals surface area contributed by atoms with Crippen molar-refractivity contribution in [2.75, 3.05) is 44.2 Å². The van der Waals surface area contributed by atoms with Crippen molar-refractivity contribution in [1.29, 1.82) is 0 Å². The topological polar surface area (TPSA) is 60.9 Å². The van der Waals surface area contributed by atoms with E-state index in [1.165, 1.54) is 22.5 Å². The van der Waals surface area contributed by atoms with Crippen LogP contribution in [0.2, 0.25) is 5.02 Å². The Labute approximate surface area is 183 Å². The summed E-state index contributed by atoms with van der Waals surface area (Å²) in [6, 6.07) is 14.6. The summed E-state index contributed by atoms with van der Waals surface area (Å²) in [5, 5.41) is 0.281. The summed E-state index contributed by atoms with van der Waals surface area (Å²) in [5.41, 5.74) is 1.39. The third-order valence-electron chi connectivity index (χ3n) is 5.81. The first-order valence-corrected chi connectivity index (χ1v) is 12.2. The third-order valence-corrected chi connectivity index (χ3v) is 8.03. The first-order chi connectivity index (χ1) is 14.5. The Morgan fingerprint density at radius 2 is 1.50 bits per heavy atom. The third kappa shape index (κ3) is 4.33. The molecule has 0 bridgehead atoms. The molecule has 0 saturated carbocycles. The molecule has 8 heteroatoms. The molecule has 2 fully saturated rings. The van der Waals surface area contributed by atoms with Gasteiger partial charge in [0.15, 0.2) is 0 Å². The smallest absolute Gasteiger partial charge is 0.255 e. The molecule has 0 radical (unpaired) electrons. The minimum atomic E-state index is -3.61. The molecule has 1 amide bonds. The lowest BCUT2D eigenvalue weighted by Crippen LogP contribution is -2.48. The molecular weight excluding hydrogens is 422 g/mol. The number of piperazine rings is 1. The van der Waals surface area contributed by atoms with Gasteiger partial charge in [-0.2, -0.15) is 4.31 Å². The Bertz CT molecular complexity index is 1000. The van der Waals surface area contributed by atoms with Crippen molar-refractivity contribution in [2.24, 2.45) is 0 Å². The number of sulfonamides is 1. The van der Waals surface area contributed by atoms with E-state index in [-0.39, 0.29) is 21.4 Å². The molecule has 0 unspecified atom stereocenters. The predicted octanol–water partition coefficient (Wildman–Crippen LogP) is 3.48. The van der Waals surface area contributed by atoms with E-state index in [1.807, 2.05) is 18.2 Å². The van der Waals surface area contributed by atoms with E-state index in [4.69, 9.17) is 11.6 Å². The fourth-order valence-electron chi connectivity index (χ4n) is 4.06. The molecule has 0 N–H and O–H groups in total. The van der Waals surface area contributed by atoms with E-state index in [0.717, 1.165) is 38.0 Å². The number of carbonyl (C=O) groups is 1. The molecule has 160 valence electrons. The minimum absolute atomic E-state index is 0.139. The highest BCUT2D eigenvalue weighted by Crippen LogP contribution is 2.26. The Kier molecular flexibility index (Phi) is 6.32. The lowest BCUT2D eigenvalue weighted by molar-refractivity contribution is 0.0746. The first-order valence-electron chi connectivity index (χ1n) is 10.4. The molecule has 2 aliphatic heterocycles. The van der Waals surface area contributed by atoms with Crippen molar-refractivity contribution in [3.63, 3.8) is 0 Å². The highest BCUT2D eigenvalue weighted by Gasteiger charge is 2.29. The van der Waals surface area contributed by atoms with Crippen LogP contribution in [0.4, 0.5) is 5.69 Å². The summed E-state index contributed by atoms with van der Waals surface area (Å²) in [7, 11) is -3.61. The zero-order valence-electron chi connectivity index (χ0n) is 16.8. The molecule has 4 rings (SSSR count). The predicted molar refractivity (Wildman–Crippen MR) is 119 cm³/mol. The minimum Gasteiger partial charge on any atom is -0.368 e. The van der Waals surface area contributed by atoms with Crippen LogP contribution in [0.5, 0.6) is 0 Å². The van der Waals surface area contributed by atoms with Crippen LogP contribution in [0.3, 0.4) is 0 Å². The molecule has 0 aromatic heterocycles. The lowest BCUT2D eigenvalue weighted by atomic mass is 10.1. The van der Waals surface area contributed by atoms with Crippen LogP contribution in [0, 0.1) is 0 Å². The van der Waals surface area contributed by atoms with Crippen LogP contribution in [0.25, 0.3) is 0 Å². The number of amides is 1. The molecule has 2 aromatic carbocycles. The van der Waals surface area contributed by atoms with Gasteiger partial charge in [0.25, 0.3) is 5.91 Å². The van der Waals surface area contributed by atoms with Crippen molar-refractivity contribution in [3.8, 4) is 0 Å². The first kappa shape index (κ1) is 21.2. The average molecular weight is 448 g/mol. The summed E-state index contributed by atoms with van der Waals surface area (Å²) in [4.78, 5) is 17.3. The summed E-state index contributed by atoms with van der Waals surface area (Å²) in [5.74, 6) is -0.219. The van der Waals surface area contributed by atoms with Gasteiger partial charge in [-0.15, -0.1) is 0 Å². The average Bonchev–Trinajstić information content (AvgIpc) is 2.80. The molecule has 2 heterocycles. The van der Waals surface area contributed by atoms with Crippen LogP contribution < -0.4 is 4.90 Å². The van der Waals surface area contributed by atoms with Crippen LogP contribution in [0.15, 0.2) is 53.4 Å². The Hall–Kier alpha value is -2.09. The number of piperidine rings is 1. The standard InChI is InChI=1S/C22H26ClN3O3S/c23-21-10-9-19(30(28,29)26-11-5-2-6-12-26)17-20(21)22(27)25-15-13-24(14-16-25)18-7-3-1-4-8-18/h1,3-4,7-10,17H,2,5-6,11-16H2. The number of hydrogen-bond acceptors (Lipinski definition) is 4. The highest BCUT2D eigenvalue weighted by molar-refractivity contribution is 7.89. The molecule has 6 nitrogen and oxygen atoms in total. The fraction of sp³-hybridized carbons (Fsp3) is 0.409. The molecule has 30 heavy (non-hydrogen) atoms. The van der Waals surface area contributed by atoms with E-state index in [9.17, 15) is 13.2 Å². The van der Waals surface area contributed by atoms with Gasteiger partial charge >= 0.3 is 0 Å². The van der Waals surface area contributed by atoms with E-state index in [1.54, 1.807) is 4.90 Å². The van der Waals surface area contributed by atoms with E-state index >= 15 is 0 Å². The number of hydrogen-bond donors (Lipinski definition) is 0. The fourth-order valence-corrected chi connectivity index (χ4v) is 5.80. The van der Waals surface area contributed by atoms with Crippen LogP contribution in [0.1, 0.15) is 29.6 Å². The molecule has 2 aromatic rings. The monoisotopic (exact) mass is 447 g/mol. The SMILES string of the molecule is O=C(c1cc(S(=O)(=O)N2CCCCC2)ccc1Cl)N1CCN(c2ccccc2)CC1. The maximum atomic E-state index is 13.1. The van der Waals surface area contributed by atoms with Gasteiger partial charge in [0.05, 0.1) is 15.5 Å². The largest absolute Gasteiger partial charge is 0.368 e. The summed E-state index contributed by atoms with van der Waals surface area (Å²) >= 11 is 6.30. The maximum Gasteiger partial charge on any atom is 0.255 e. The second kappa shape index (κ2) is 8.96. The molecular formula is C22H26ClN3O3S. The Balaban J connectivity index is 1.50. The number of rotatable bonds is 4. The van der Waals surface area contributed by atoms with Crippen molar-refractivity contribution >= 4 is 33.2 Å². The Morgan fingerprint density at radius 3 is 2.17 bits per heavy atom. The van der Waals surface area contributed by atoms with Crippen molar-refractivity contribution in [1.82, 2.24) is 9.21 Å². The van der Waals surface area contributed by atoms with Gasteiger partial charge in [-0.3, -0.25) is 4.79 Å². The quantitative estimate of drug-likeness (QED) is 0.720. The van der Waals surface area contributed by atoms with Crippen LogP contribution in [-0.2, 0) is 10.0 Å². The number of nitrogens with zero attached hydrogens (tertiary/aromatic N) is 3. The van der Waals surface area contributed by atoms with Gasteiger partial charge < -0.3 is 9.80 Å². The van der Waals surface area contributed by atoms with Gasteiger partial charge in [0.1, 0.15) is 0 Å². The maximum absolute atomic E-state index is 13.1. The van der Waals surface area contributed by atoms with Crippen molar-refractivity contribution < 1.29 is 13.2 Å². The zero-order chi connectivity index (χ0) is 21.1. The second-order valence-corrected chi connectivity index (χ2v) is 10.1. The summed E-state index contributed by atoms with van der Waals surface area (Å²) in [6.07, 6.45) is 2.78. The van der Waals surface area contributed by atoms with Crippen LogP contribution >= 0.6 is 11.6 Å². The number of para-hydroxylation sites is 1. The number of halogens is 1. The second-order valence-electron chi connectivity index (χ2n) is 7.72. The van der Waals surface area contributed by atoms with Gasteiger partial charge in [-0.05, 0) is 43.2 Å². The van der Waals surface area contributed by atoms with Gasteiger partial charge in [0.2, 0.25) is 10.0 Å². The molecule has 2 aliphatic rings. The van der Waals surface area contributed by atoms with E-state index < -0.39 is 10.0 Å². The van der Waals surface area contributed by atoms with Crippen molar-refractivity contribution in [2.45, 2.75) is 24.2 Å². The Morgan fingerprint density at radius 1 is 0.833 bits per heavy atom. The number of carbonyl (C=O) groups excluding carboxylic acids is 1. The summed E-state index contributed by atoms with van der Waals surface area (Å²) < 4.78 is 27.5. The van der Waals surface area contributed by atoms with Gasteiger partial charge in [0, 0.05) is 45.0 Å². The lowest BCUT2D eigenvalue weighted by Gasteiger charge is -2.36. The van der Waals surface area contributed by atoms with Gasteiger partial charge in [-0.25, -0.2) is 8.42 Å². The van der Waals surface area contributed by atoms with Crippen molar-refractivity contribution in [3.05, 3.63) is 59.1 Å². The molecule has 0 aliphatic carbocycles. The number of benzene rings is 2. The molecule has 0 spiro atoms. The summed E-state index contributed by atoms with van der Waals surface area (Å²) in [6.45, 7) is 3.62.